The third-order valence-corrected chi connectivity index (χ3v) is 3.43. The van der Waals surface area contributed by atoms with E-state index in [2.05, 4.69) is 21.2 Å². The molecular weight excluding hydrogens is 346 g/mol. The molecule has 2 aromatic rings. The van der Waals surface area contributed by atoms with Gasteiger partial charge in [-0.1, -0.05) is 33.6 Å². The molecule has 0 saturated carbocycles. The van der Waals surface area contributed by atoms with Crippen LogP contribution in [0, 0.1) is 0 Å². The van der Waals surface area contributed by atoms with Gasteiger partial charge in [0.25, 0.3) is 5.91 Å². The van der Waals surface area contributed by atoms with Crippen LogP contribution in [0.5, 0.6) is 0 Å². The summed E-state index contributed by atoms with van der Waals surface area (Å²) in [4.78, 5) is 23.2. The molecule has 0 heterocycles. The van der Waals surface area contributed by atoms with E-state index in [1.807, 2.05) is 0 Å². The molecule has 20 heavy (non-hydrogen) atoms. The van der Waals surface area contributed by atoms with E-state index >= 15 is 0 Å². The summed E-state index contributed by atoms with van der Waals surface area (Å²) in [6.07, 6.45) is 0. The predicted molar refractivity (Wildman–Crippen MR) is 80.5 cm³/mol. The van der Waals surface area contributed by atoms with E-state index in [1.54, 1.807) is 24.3 Å². The van der Waals surface area contributed by atoms with Gasteiger partial charge in [-0.05, 0) is 36.4 Å². The lowest BCUT2D eigenvalue weighted by molar-refractivity contribution is 0.0698. The highest BCUT2D eigenvalue weighted by Gasteiger charge is 2.16. The number of carboxylic acid groups (broad SMARTS) is 1. The molecule has 0 aliphatic carbocycles. The van der Waals surface area contributed by atoms with Crippen LogP contribution in [0.1, 0.15) is 20.7 Å². The van der Waals surface area contributed by atoms with Gasteiger partial charge in [0.05, 0.1) is 16.3 Å². The van der Waals surface area contributed by atoms with Gasteiger partial charge in [-0.15, -0.1) is 0 Å². The number of para-hydroxylation sites is 1. The maximum absolute atomic E-state index is 12.1. The van der Waals surface area contributed by atoms with Gasteiger partial charge >= 0.3 is 5.97 Å². The Hall–Kier alpha value is -1.85. The number of anilines is 1. The van der Waals surface area contributed by atoms with Gasteiger partial charge in [-0.25, -0.2) is 4.79 Å². The minimum atomic E-state index is -1.15. The number of carboxylic acids is 1. The summed E-state index contributed by atoms with van der Waals surface area (Å²) >= 11 is 9.22. The quantitative estimate of drug-likeness (QED) is 0.874. The van der Waals surface area contributed by atoms with E-state index in [-0.39, 0.29) is 16.3 Å². The SMILES string of the molecule is O=C(Nc1c(Cl)cccc1C(=O)O)c1ccc(Br)cc1. The van der Waals surface area contributed by atoms with Crippen LogP contribution in [0.2, 0.25) is 5.02 Å². The van der Waals surface area contributed by atoms with Crippen molar-refractivity contribution in [2.45, 2.75) is 0 Å². The number of hydrogen-bond acceptors (Lipinski definition) is 2. The monoisotopic (exact) mass is 353 g/mol. The zero-order valence-electron chi connectivity index (χ0n) is 10.1. The van der Waals surface area contributed by atoms with Crippen molar-refractivity contribution in [2.75, 3.05) is 5.32 Å². The lowest BCUT2D eigenvalue weighted by Crippen LogP contribution is -2.15. The van der Waals surface area contributed by atoms with Gasteiger partial charge in [-0.2, -0.15) is 0 Å². The van der Waals surface area contributed by atoms with Crippen molar-refractivity contribution >= 4 is 45.1 Å². The third-order valence-electron chi connectivity index (χ3n) is 2.59. The molecule has 2 rings (SSSR count). The zero-order chi connectivity index (χ0) is 14.7. The average molecular weight is 355 g/mol. The second-order valence-electron chi connectivity index (χ2n) is 3.93. The summed E-state index contributed by atoms with van der Waals surface area (Å²) in [6.45, 7) is 0. The standard InChI is InChI=1S/C14H9BrClNO3/c15-9-6-4-8(5-7-9)13(18)17-12-10(14(19)20)2-1-3-11(12)16/h1-7H,(H,17,18)(H,19,20). The number of halogens is 2. The summed E-state index contributed by atoms with van der Waals surface area (Å²) in [7, 11) is 0. The van der Waals surface area contributed by atoms with Crippen LogP contribution in [0.3, 0.4) is 0 Å². The van der Waals surface area contributed by atoms with Crippen LogP contribution >= 0.6 is 27.5 Å². The topological polar surface area (TPSA) is 66.4 Å². The Bertz CT molecular complexity index is 671. The molecule has 0 aliphatic rings. The smallest absolute Gasteiger partial charge is 0.337 e. The summed E-state index contributed by atoms with van der Waals surface area (Å²) in [5.41, 5.74) is 0.446. The first-order valence-corrected chi connectivity index (χ1v) is 6.75. The first-order chi connectivity index (χ1) is 9.49. The molecule has 0 bridgehead atoms. The summed E-state index contributed by atoms with van der Waals surface area (Å²) in [6, 6.07) is 11.1. The summed E-state index contributed by atoms with van der Waals surface area (Å²) < 4.78 is 0.845. The lowest BCUT2D eigenvalue weighted by atomic mass is 10.1. The fraction of sp³-hybridized carbons (Fsp3) is 0. The number of carbonyl (C=O) groups excluding carboxylic acids is 1. The Kier molecular flexibility index (Phi) is 4.42. The molecule has 0 radical (unpaired) electrons. The highest BCUT2D eigenvalue weighted by Crippen LogP contribution is 2.26. The Morgan fingerprint density at radius 2 is 1.75 bits per heavy atom. The summed E-state index contributed by atoms with van der Waals surface area (Å²) in [5.74, 6) is -1.58. The molecule has 4 nitrogen and oxygen atoms in total. The first-order valence-electron chi connectivity index (χ1n) is 5.58. The van der Waals surface area contributed by atoms with E-state index < -0.39 is 11.9 Å². The van der Waals surface area contributed by atoms with Crippen molar-refractivity contribution in [3.63, 3.8) is 0 Å². The first kappa shape index (κ1) is 14.6. The van der Waals surface area contributed by atoms with Crippen LogP contribution in [-0.2, 0) is 0 Å². The van der Waals surface area contributed by atoms with Crippen LogP contribution in [-0.4, -0.2) is 17.0 Å². The van der Waals surface area contributed by atoms with Crippen LogP contribution in [0.25, 0.3) is 0 Å². The normalized spacial score (nSPS) is 10.1. The molecular formula is C14H9BrClNO3. The predicted octanol–water partition coefficient (Wildman–Crippen LogP) is 4.05. The van der Waals surface area contributed by atoms with E-state index in [1.165, 1.54) is 18.2 Å². The number of aromatic carboxylic acids is 1. The van der Waals surface area contributed by atoms with Gasteiger partial charge in [0.1, 0.15) is 0 Å². The fourth-order valence-corrected chi connectivity index (χ4v) is 2.10. The Labute approximate surface area is 128 Å². The largest absolute Gasteiger partial charge is 0.478 e. The zero-order valence-corrected chi connectivity index (χ0v) is 12.4. The molecule has 0 aromatic heterocycles. The number of benzene rings is 2. The van der Waals surface area contributed by atoms with Crippen LogP contribution in [0.4, 0.5) is 5.69 Å². The molecule has 0 unspecified atom stereocenters. The minimum absolute atomic E-state index is 0.0528. The van der Waals surface area contributed by atoms with Crippen molar-refractivity contribution in [1.82, 2.24) is 0 Å². The molecule has 2 aromatic carbocycles. The molecule has 0 spiro atoms. The van der Waals surface area contributed by atoms with Gasteiger partial charge < -0.3 is 10.4 Å². The second kappa shape index (κ2) is 6.07. The van der Waals surface area contributed by atoms with Crippen molar-refractivity contribution in [3.05, 3.63) is 63.1 Å². The van der Waals surface area contributed by atoms with Crippen LogP contribution < -0.4 is 5.32 Å². The molecule has 0 atom stereocenters. The number of nitrogens with one attached hydrogen (secondary N) is 1. The van der Waals surface area contributed by atoms with Crippen molar-refractivity contribution in [3.8, 4) is 0 Å². The molecule has 1 amide bonds. The minimum Gasteiger partial charge on any atom is -0.478 e. The molecule has 0 fully saturated rings. The van der Waals surface area contributed by atoms with Gasteiger partial charge in [0.15, 0.2) is 0 Å². The highest BCUT2D eigenvalue weighted by molar-refractivity contribution is 9.10. The van der Waals surface area contributed by atoms with E-state index in [0.717, 1.165) is 4.47 Å². The summed E-state index contributed by atoms with van der Waals surface area (Å²) in [5, 5.41) is 11.8. The van der Waals surface area contributed by atoms with Gasteiger partial charge in [-0.3, -0.25) is 4.79 Å². The molecule has 2 N–H and O–H groups in total. The van der Waals surface area contributed by atoms with E-state index in [9.17, 15) is 9.59 Å². The average Bonchev–Trinajstić information content (AvgIpc) is 2.41. The fourth-order valence-electron chi connectivity index (χ4n) is 1.62. The van der Waals surface area contributed by atoms with E-state index in [0.29, 0.717) is 5.56 Å². The second-order valence-corrected chi connectivity index (χ2v) is 5.25. The third kappa shape index (κ3) is 3.18. The lowest BCUT2D eigenvalue weighted by Gasteiger charge is -2.10. The molecule has 0 saturated heterocycles. The van der Waals surface area contributed by atoms with E-state index in [4.69, 9.17) is 16.7 Å². The maximum atomic E-state index is 12.1. The van der Waals surface area contributed by atoms with Crippen molar-refractivity contribution in [2.24, 2.45) is 0 Å². The number of hydrogen-bond donors (Lipinski definition) is 2. The van der Waals surface area contributed by atoms with Crippen molar-refractivity contribution < 1.29 is 14.7 Å². The van der Waals surface area contributed by atoms with Gasteiger partial charge in [0, 0.05) is 10.0 Å². The molecule has 0 aliphatic heterocycles. The Morgan fingerprint density at radius 1 is 1.10 bits per heavy atom. The Balaban J connectivity index is 2.32. The van der Waals surface area contributed by atoms with Crippen molar-refractivity contribution in [1.29, 1.82) is 0 Å². The van der Waals surface area contributed by atoms with Crippen LogP contribution in [0.15, 0.2) is 46.9 Å². The maximum Gasteiger partial charge on any atom is 0.337 e. The number of rotatable bonds is 3. The number of carbonyl (C=O) groups is 2. The molecule has 6 heteroatoms. The Morgan fingerprint density at radius 3 is 2.35 bits per heavy atom. The number of amides is 1. The highest BCUT2D eigenvalue weighted by atomic mass is 79.9. The van der Waals surface area contributed by atoms with Gasteiger partial charge in [0.2, 0.25) is 0 Å². The molecule has 102 valence electrons.